The maximum atomic E-state index is 12.4. The number of nitrogens with two attached hydrogens (primary N) is 1. The Bertz CT molecular complexity index is 1300. The zero-order chi connectivity index (χ0) is 31.2. The Labute approximate surface area is 261 Å². The standard InChI is InChI=1S/C33H49N7O4/c1-5-26-28(22-37-16-18-44-19-17-37)35-27(31(36-26)32(34)41)20-24-6-7-29(30(21-24)43-4)39-10-8-25(9-11-39)38-12-14-40(15-13-38)33(42)23(2)3/h6-7,21,23,25H,5,8-20,22H2,1-4H3,(H2,34,41). The van der Waals surface area contributed by atoms with Crippen LogP contribution < -0.4 is 15.4 Å². The predicted molar refractivity (Wildman–Crippen MR) is 170 cm³/mol. The van der Waals surface area contributed by atoms with Gasteiger partial charge < -0.3 is 25.0 Å². The third-order valence-corrected chi connectivity index (χ3v) is 9.23. The third kappa shape index (κ3) is 7.50. The zero-order valence-electron chi connectivity index (χ0n) is 26.9. The van der Waals surface area contributed by atoms with E-state index in [1.54, 1.807) is 7.11 Å². The van der Waals surface area contributed by atoms with Gasteiger partial charge in [0.1, 0.15) is 11.4 Å². The van der Waals surface area contributed by atoms with Crippen molar-refractivity contribution in [3.8, 4) is 5.75 Å². The van der Waals surface area contributed by atoms with E-state index in [1.165, 1.54) is 0 Å². The number of nitrogens with zero attached hydrogens (tertiary/aromatic N) is 6. The summed E-state index contributed by atoms with van der Waals surface area (Å²) in [5, 5.41) is 0. The number of aromatic nitrogens is 2. The number of methoxy groups -OCH3 is 1. The molecule has 3 fully saturated rings. The van der Waals surface area contributed by atoms with Gasteiger partial charge in [-0.3, -0.25) is 24.4 Å². The van der Waals surface area contributed by atoms with Crippen molar-refractivity contribution in [2.45, 2.75) is 59.0 Å². The van der Waals surface area contributed by atoms with Crippen molar-refractivity contribution in [2.75, 3.05) is 77.6 Å². The second kappa shape index (κ2) is 14.7. The van der Waals surface area contributed by atoms with E-state index >= 15 is 0 Å². The number of morpholine rings is 1. The van der Waals surface area contributed by atoms with E-state index in [0.29, 0.717) is 44.3 Å². The maximum absolute atomic E-state index is 12.4. The highest BCUT2D eigenvalue weighted by molar-refractivity contribution is 5.92. The summed E-state index contributed by atoms with van der Waals surface area (Å²) in [6, 6.07) is 6.80. The number of piperidine rings is 1. The topological polar surface area (TPSA) is 117 Å². The van der Waals surface area contributed by atoms with Gasteiger partial charge in [0.2, 0.25) is 5.91 Å². The highest BCUT2D eigenvalue weighted by Crippen LogP contribution is 2.33. The minimum absolute atomic E-state index is 0.0590. The van der Waals surface area contributed by atoms with Crippen LogP contribution in [0.3, 0.4) is 0 Å². The second-order valence-corrected chi connectivity index (χ2v) is 12.4. The Morgan fingerprint density at radius 3 is 2.30 bits per heavy atom. The van der Waals surface area contributed by atoms with Crippen molar-refractivity contribution in [3.63, 3.8) is 0 Å². The smallest absolute Gasteiger partial charge is 0.269 e. The molecule has 2 aromatic rings. The van der Waals surface area contributed by atoms with Crippen LogP contribution in [0.15, 0.2) is 18.2 Å². The van der Waals surface area contributed by atoms with Crippen molar-refractivity contribution in [1.82, 2.24) is 24.7 Å². The summed E-state index contributed by atoms with van der Waals surface area (Å²) in [6.45, 7) is 15.2. The van der Waals surface area contributed by atoms with Crippen LogP contribution in [0.5, 0.6) is 5.75 Å². The molecule has 240 valence electrons. The van der Waals surface area contributed by atoms with E-state index in [1.807, 2.05) is 31.7 Å². The van der Waals surface area contributed by atoms with Gasteiger partial charge in [-0.05, 0) is 37.0 Å². The van der Waals surface area contributed by atoms with Gasteiger partial charge >= 0.3 is 0 Å². The van der Waals surface area contributed by atoms with Gasteiger partial charge in [-0.15, -0.1) is 0 Å². The number of hydrogen-bond donors (Lipinski definition) is 1. The highest BCUT2D eigenvalue weighted by Gasteiger charge is 2.30. The van der Waals surface area contributed by atoms with Crippen LogP contribution in [0, 0.1) is 5.92 Å². The van der Waals surface area contributed by atoms with Gasteiger partial charge in [-0.1, -0.05) is 26.8 Å². The van der Waals surface area contributed by atoms with Gasteiger partial charge in [0.05, 0.1) is 43.1 Å². The van der Waals surface area contributed by atoms with Gasteiger partial charge in [-0.2, -0.15) is 0 Å². The molecule has 0 atom stereocenters. The fourth-order valence-corrected chi connectivity index (χ4v) is 6.68. The fraction of sp³-hybridized carbons (Fsp3) is 0.636. The van der Waals surface area contributed by atoms with Crippen LogP contribution in [0.25, 0.3) is 0 Å². The summed E-state index contributed by atoms with van der Waals surface area (Å²) in [4.78, 5) is 43.8. The maximum Gasteiger partial charge on any atom is 0.269 e. The lowest BCUT2D eigenvalue weighted by Crippen LogP contribution is -2.55. The molecule has 4 heterocycles. The van der Waals surface area contributed by atoms with Crippen LogP contribution in [0.2, 0.25) is 0 Å². The molecule has 0 spiro atoms. The minimum atomic E-state index is -0.556. The van der Waals surface area contributed by atoms with Crippen LogP contribution >= 0.6 is 0 Å². The number of carbonyl (C=O) groups excluding carboxylic acids is 2. The van der Waals surface area contributed by atoms with Crippen molar-refractivity contribution in [1.29, 1.82) is 0 Å². The predicted octanol–water partition coefficient (Wildman–Crippen LogP) is 2.34. The average Bonchev–Trinajstić information content (AvgIpc) is 3.05. The monoisotopic (exact) mass is 607 g/mol. The molecular weight excluding hydrogens is 558 g/mol. The molecule has 0 radical (unpaired) electrons. The molecule has 2 amide bonds. The lowest BCUT2D eigenvalue weighted by Gasteiger charge is -2.43. The Morgan fingerprint density at radius 1 is 0.977 bits per heavy atom. The van der Waals surface area contributed by atoms with E-state index in [9.17, 15) is 9.59 Å². The number of rotatable bonds is 10. The minimum Gasteiger partial charge on any atom is -0.495 e. The Morgan fingerprint density at radius 2 is 1.68 bits per heavy atom. The van der Waals surface area contributed by atoms with E-state index in [4.69, 9.17) is 25.2 Å². The normalized spacial score (nSPS) is 19.0. The Hall–Kier alpha value is -3.28. The first-order chi connectivity index (χ1) is 21.3. The molecule has 5 rings (SSSR count). The molecule has 0 saturated carbocycles. The van der Waals surface area contributed by atoms with Crippen LogP contribution in [-0.4, -0.2) is 115 Å². The molecule has 2 N–H and O–H groups in total. The summed E-state index contributed by atoms with van der Waals surface area (Å²) >= 11 is 0. The van der Waals surface area contributed by atoms with E-state index < -0.39 is 5.91 Å². The molecule has 3 saturated heterocycles. The van der Waals surface area contributed by atoms with Gasteiger partial charge in [0, 0.05) is 77.3 Å². The number of carbonyl (C=O) groups is 2. The highest BCUT2D eigenvalue weighted by atomic mass is 16.5. The summed E-state index contributed by atoms with van der Waals surface area (Å²) in [7, 11) is 1.71. The molecule has 1 aromatic carbocycles. The van der Waals surface area contributed by atoms with E-state index in [-0.39, 0.29) is 17.5 Å². The van der Waals surface area contributed by atoms with Gasteiger partial charge in [0.15, 0.2) is 0 Å². The zero-order valence-corrected chi connectivity index (χ0v) is 26.9. The molecule has 3 aliphatic heterocycles. The SMILES string of the molecule is CCc1nc(C(N)=O)c(Cc2ccc(N3CCC(N4CCN(C(=O)C(C)C)CC4)CC3)c(OC)c2)nc1CN1CCOCC1. The molecule has 11 nitrogen and oxygen atoms in total. The lowest BCUT2D eigenvalue weighted by atomic mass is 10.00. The molecule has 44 heavy (non-hydrogen) atoms. The number of benzene rings is 1. The number of amides is 2. The number of anilines is 1. The molecule has 0 aliphatic carbocycles. The lowest BCUT2D eigenvalue weighted by molar-refractivity contribution is -0.136. The van der Waals surface area contributed by atoms with Crippen LogP contribution in [0.1, 0.15) is 66.7 Å². The quantitative estimate of drug-likeness (QED) is 0.434. The summed E-state index contributed by atoms with van der Waals surface area (Å²) in [5.41, 5.74) is 10.4. The van der Waals surface area contributed by atoms with Crippen molar-refractivity contribution >= 4 is 17.5 Å². The summed E-state index contributed by atoms with van der Waals surface area (Å²) < 4.78 is 11.4. The number of aryl methyl sites for hydroxylation is 1. The Balaban J connectivity index is 1.25. The van der Waals surface area contributed by atoms with E-state index in [2.05, 4.69) is 26.8 Å². The fourth-order valence-electron chi connectivity index (χ4n) is 6.68. The first-order valence-electron chi connectivity index (χ1n) is 16.2. The summed E-state index contributed by atoms with van der Waals surface area (Å²) in [6.07, 6.45) is 3.28. The number of primary amides is 1. The van der Waals surface area contributed by atoms with Crippen molar-refractivity contribution < 1.29 is 19.1 Å². The summed E-state index contributed by atoms with van der Waals surface area (Å²) in [5.74, 6) is 0.580. The average molecular weight is 608 g/mol. The number of ether oxygens (including phenoxy) is 2. The van der Waals surface area contributed by atoms with Crippen molar-refractivity contribution in [2.24, 2.45) is 11.7 Å². The molecule has 3 aliphatic rings. The first-order valence-corrected chi connectivity index (χ1v) is 16.2. The van der Waals surface area contributed by atoms with Gasteiger partial charge in [-0.25, -0.2) is 4.98 Å². The Kier molecular flexibility index (Phi) is 10.7. The van der Waals surface area contributed by atoms with Crippen molar-refractivity contribution in [3.05, 3.63) is 46.5 Å². The molecule has 1 aromatic heterocycles. The van der Waals surface area contributed by atoms with Crippen LogP contribution in [-0.2, 0) is 28.9 Å². The molecule has 0 bridgehead atoms. The largest absolute Gasteiger partial charge is 0.495 e. The third-order valence-electron chi connectivity index (χ3n) is 9.23. The van der Waals surface area contributed by atoms with E-state index in [0.717, 1.165) is 93.6 Å². The van der Waals surface area contributed by atoms with Crippen LogP contribution in [0.4, 0.5) is 5.69 Å². The molecule has 0 unspecified atom stereocenters. The number of hydrogen-bond acceptors (Lipinski definition) is 9. The first kappa shape index (κ1) is 32.1. The second-order valence-electron chi connectivity index (χ2n) is 12.4. The molecular formula is C33H49N7O4. The number of piperazine rings is 1. The van der Waals surface area contributed by atoms with Gasteiger partial charge in [0.25, 0.3) is 5.91 Å². The molecule has 11 heteroatoms.